The van der Waals surface area contributed by atoms with Crippen LogP contribution in [0.3, 0.4) is 0 Å². The van der Waals surface area contributed by atoms with Crippen molar-refractivity contribution in [3.05, 3.63) is 48.4 Å². The van der Waals surface area contributed by atoms with Crippen molar-refractivity contribution >= 4 is 11.0 Å². The molecular weight excluding hydrogens is 302 g/mol. The maximum absolute atomic E-state index is 5.35. The van der Waals surface area contributed by atoms with Crippen molar-refractivity contribution in [3.63, 3.8) is 0 Å². The summed E-state index contributed by atoms with van der Waals surface area (Å²) in [5.74, 6) is 2.07. The number of hydrogen-bond donors (Lipinski definition) is 0. The predicted molar refractivity (Wildman–Crippen MR) is 91.3 cm³/mol. The Morgan fingerprint density at radius 1 is 1.08 bits per heavy atom. The van der Waals surface area contributed by atoms with Crippen LogP contribution in [0.15, 0.2) is 47.1 Å². The molecule has 0 radical (unpaired) electrons. The van der Waals surface area contributed by atoms with E-state index in [-0.39, 0.29) is 0 Å². The van der Waals surface area contributed by atoms with Crippen molar-refractivity contribution in [2.75, 3.05) is 0 Å². The monoisotopic (exact) mass is 319 g/mol. The van der Waals surface area contributed by atoms with Crippen molar-refractivity contribution in [1.82, 2.24) is 24.7 Å². The zero-order valence-electron chi connectivity index (χ0n) is 13.6. The molecule has 24 heavy (non-hydrogen) atoms. The minimum absolute atomic E-state index is 0.420. The van der Waals surface area contributed by atoms with Gasteiger partial charge in [-0.15, -0.1) is 0 Å². The fourth-order valence-corrected chi connectivity index (χ4v) is 2.87. The van der Waals surface area contributed by atoms with E-state index in [2.05, 4.69) is 44.6 Å². The van der Waals surface area contributed by atoms with E-state index in [0.29, 0.717) is 17.4 Å². The minimum Gasteiger partial charge on any atom is -0.332 e. The Bertz CT molecular complexity index is 987. The molecule has 1 aromatic carbocycles. The summed E-state index contributed by atoms with van der Waals surface area (Å²) in [6.07, 6.45) is 2.61. The lowest BCUT2D eigenvalue weighted by atomic mass is 10.2. The van der Waals surface area contributed by atoms with Gasteiger partial charge in [0.05, 0.1) is 11.0 Å². The molecule has 6 heteroatoms. The highest BCUT2D eigenvalue weighted by Gasteiger charge is 2.14. The highest BCUT2D eigenvalue weighted by atomic mass is 16.5. The largest absolute Gasteiger partial charge is 0.332 e. The van der Waals surface area contributed by atoms with Crippen molar-refractivity contribution in [1.29, 1.82) is 0 Å². The summed E-state index contributed by atoms with van der Waals surface area (Å²) in [5.41, 5.74) is 3.66. The van der Waals surface area contributed by atoms with Gasteiger partial charge in [0.1, 0.15) is 11.5 Å². The molecule has 0 bridgehead atoms. The second-order valence-electron chi connectivity index (χ2n) is 5.47. The number of pyridine rings is 1. The molecule has 0 aliphatic heterocycles. The smallest absolute Gasteiger partial charge is 0.276 e. The number of imidazole rings is 1. The van der Waals surface area contributed by atoms with E-state index in [1.807, 2.05) is 30.3 Å². The number of hydrogen-bond acceptors (Lipinski definition) is 5. The first-order valence-electron chi connectivity index (χ1n) is 8.04. The van der Waals surface area contributed by atoms with E-state index >= 15 is 0 Å². The first kappa shape index (κ1) is 14.6. The fraction of sp³-hybridized carbons (Fsp3) is 0.222. The Kier molecular flexibility index (Phi) is 3.57. The van der Waals surface area contributed by atoms with Gasteiger partial charge < -0.3 is 9.09 Å². The second kappa shape index (κ2) is 5.88. The molecule has 3 heterocycles. The van der Waals surface area contributed by atoms with Crippen molar-refractivity contribution < 1.29 is 4.52 Å². The van der Waals surface area contributed by atoms with Crippen LogP contribution in [0.1, 0.15) is 19.7 Å². The fourth-order valence-electron chi connectivity index (χ4n) is 2.87. The predicted octanol–water partition coefficient (Wildman–Crippen LogP) is 3.73. The van der Waals surface area contributed by atoms with Crippen LogP contribution < -0.4 is 0 Å². The topological polar surface area (TPSA) is 69.6 Å². The lowest BCUT2D eigenvalue weighted by Gasteiger charge is -2.04. The van der Waals surface area contributed by atoms with E-state index < -0.39 is 0 Å². The maximum Gasteiger partial charge on any atom is 0.276 e. The van der Waals surface area contributed by atoms with E-state index in [9.17, 15) is 0 Å². The van der Waals surface area contributed by atoms with Gasteiger partial charge in [-0.25, -0.2) is 4.98 Å². The Morgan fingerprint density at radius 2 is 2.00 bits per heavy atom. The highest BCUT2D eigenvalue weighted by Crippen LogP contribution is 2.25. The first-order valence-corrected chi connectivity index (χ1v) is 8.04. The summed E-state index contributed by atoms with van der Waals surface area (Å²) >= 11 is 0. The molecule has 0 aliphatic carbocycles. The van der Waals surface area contributed by atoms with Crippen LogP contribution in [0.5, 0.6) is 0 Å². The molecule has 0 spiro atoms. The zero-order valence-corrected chi connectivity index (χ0v) is 13.6. The van der Waals surface area contributed by atoms with E-state index in [4.69, 9.17) is 4.52 Å². The molecule has 0 fully saturated rings. The van der Waals surface area contributed by atoms with Crippen LogP contribution in [0.4, 0.5) is 0 Å². The summed E-state index contributed by atoms with van der Waals surface area (Å²) < 4.78 is 7.57. The normalized spacial score (nSPS) is 11.2. The molecule has 6 nitrogen and oxygen atoms in total. The molecule has 0 saturated heterocycles. The van der Waals surface area contributed by atoms with Gasteiger partial charge in [-0.2, -0.15) is 4.98 Å². The molecule has 0 unspecified atom stereocenters. The Morgan fingerprint density at radius 3 is 2.75 bits per heavy atom. The molecule has 4 rings (SSSR count). The number of nitrogens with zero attached hydrogens (tertiary/aromatic N) is 5. The number of fused-ring (bicyclic) bond motifs is 1. The first-order chi connectivity index (χ1) is 11.8. The lowest BCUT2D eigenvalue weighted by molar-refractivity contribution is 0.431. The zero-order chi connectivity index (χ0) is 16.5. The SMILES string of the molecule is CCc1nc2ccc(-c3noc(-c4ccccn4)n3)cc2n1CC. The van der Waals surface area contributed by atoms with Gasteiger partial charge in [-0.1, -0.05) is 18.1 Å². The van der Waals surface area contributed by atoms with Crippen molar-refractivity contribution in [2.24, 2.45) is 0 Å². The average molecular weight is 319 g/mol. The van der Waals surface area contributed by atoms with Crippen LogP contribution in [0.25, 0.3) is 34.0 Å². The molecule has 3 aromatic heterocycles. The van der Waals surface area contributed by atoms with Crippen molar-refractivity contribution in [3.8, 4) is 23.0 Å². The van der Waals surface area contributed by atoms with Crippen LogP contribution in [0, 0.1) is 0 Å². The van der Waals surface area contributed by atoms with E-state index in [1.165, 1.54) is 0 Å². The molecule has 0 amide bonds. The second-order valence-corrected chi connectivity index (χ2v) is 5.47. The van der Waals surface area contributed by atoms with Gasteiger partial charge in [0.15, 0.2) is 0 Å². The van der Waals surface area contributed by atoms with Crippen LogP contribution in [-0.4, -0.2) is 24.7 Å². The number of rotatable bonds is 4. The number of aryl methyl sites for hydroxylation is 2. The van der Waals surface area contributed by atoms with Crippen molar-refractivity contribution in [2.45, 2.75) is 26.8 Å². The molecule has 0 aliphatic rings. The van der Waals surface area contributed by atoms with Gasteiger partial charge in [-0.3, -0.25) is 4.98 Å². The van der Waals surface area contributed by atoms with Crippen LogP contribution in [-0.2, 0) is 13.0 Å². The summed E-state index contributed by atoms with van der Waals surface area (Å²) in [5, 5.41) is 4.10. The van der Waals surface area contributed by atoms with E-state index in [1.54, 1.807) is 6.20 Å². The molecule has 4 aromatic rings. The molecular formula is C18H17N5O. The number of aromatic nitrogens is 5. The number of benzene rings is 1. The lowest BCUT2D eigenvalue weighted by Crippen LogP contribution is -1.99. The van der Waals surface area contributed by atoms with Gasteiger partial charge in [0.25, 0.3) is 5.89 Å². The minimum atomic E-state index is 0.420. The quantitative estimate of drug-likeness (QED) is 0.573. The standard InChI is InChI=1S/C18H17N5O/c1-3-16-20-13-9-8-12(11-15(13)23(16)4-2)17-21-18(24-22-17)14-7-5-6-10-19-14/h5-11H,3-4H2,1-2H3. The van der Waals surface area contributed by atoms with Crippen LogP contribution in [0.2, 0.25) is 0 Å². The highest BCUT2D eigenvalue weighted by molar-refractivity contribution is 5.81. The summed E-state index contributed by atoms with van der Waals surface area (Å²) in [7, 11) is 0. The maximum atomic E-state index is 5.35. The van der Waals surface area contributed by atoms with Crippen LogP contribution >= 0.6 is 0 Å². The average Bonchev–Trinajstić information content (AvgIpc) is 3.26. The third kappa shape index (κ3) is 2.36. The third-order valence-corrected chi connectivity index (χ3v) is 4.03. The molecule has 0 atom stereocenters. The van der Waals surface area contributed by atoms with E-state index in [0.717, 1.165) is 35.4 Å². The Labute approximate surface area is 139 Å². The van der Waals surface area contributed by atoms with Gasteiger partial charge in [-0.05, 0) is 37.3 Å². The molecule has 0 saturated carbocycles. The van der Waals surface area contributed by atoms with Gasteiger partial charge in [0, 0.05) is 24.7 Å². The summed E-state index contributed by atoms with van der Waals surface area (Å²) in [6.45, 7) is 5.13. The Balaban J connectivity index is 1.78. The molecule has 120 valence electrons. The van der Waals surface area contributed by atoms with Gasteiger partial charge >= 0.3 is 0 Å². The third-order valence-electron chi connectivity index (χ3n) is 4.03. The Hall–Kier alpha value is -3.02. The summed E-state index contributed by atoms with van der Waals surface area (Å²) in [6, 6.07) is 11.6. The summed E-state index contributed by atoms with van der Waals surface area (Å²) in [4.78, 5) is 13.4. The molecule has 0 N–H and O–H groups in total. The van der Waals surface area contributed by atoms with Gasteiger partial charge in [0.2, 0.25) is 5.82 Å².